The van der Waals surface area contributed by atoms with Crippen LogP contribution in [-0.4, -0.2) is 19.7 Å². The lowest BCUT2D eigenvalue weighted by Gasteiger charge is -2.09. The number of nitrogens with one attached hydrogen (secondary N) is 1. The van der Waals surface area contributed by atoms with Crippen LogP contribution < -0.4 is 15.8 Å². The number of ether oxygens (including phenoxy) is 1. The van der Waals surface area contributed by atoms with Gasteiger partial charge in [-0.1, -0.05) is 0 Å². The lowest BCUT2D eigenvalue weighted by atomic mass is 10.2. The van der Waals surface area contributed by atoms with Crippen LogP contribution >= 0.6 is 0 Å². The second kappa shape index (κ2) is 6.51. The Hall–Kier alpha value is -1.20. The molecule has 0 aromatic heterocycles. The van der Waals surface area contributed by atoms with Crippen LogP contribution in [0.2, 0.25) is 0 Å². The lowest BCUT2D eigenvalue weighted by Crippen LogP contribution is -2.24. The van der Waals surface area contributed by atoms with Crippen molar-refractivity contribution in [3.63, 3.8) is 0 Å². The molecule has 1 unspecified atom stereocenters. The zero-order chi connectivity index (χ0) is 12.8. The van der Waals surface area contributed by atoms with E-state index in [0.717, 1.165) is 18.6 Å². The van der Waals surface area contributed by atoms with Gasteiger partial charge in [0.15, 0.2) is 11.6 Å². The summed E-state index contributed by atoms with van der Waals surface area (Å²) >= 11 is 0. The predicted octanol–water partition coefficient (Wildman–Crippen LogP) is 1.80. The molecule has 0 saturated heterocycles. The summed E-state index contributed by atoms with van der Waals surface area (Å²) in [6.07, 6.45) is 0.792. The molecular weight excluding hydrogens is 226 g/mol. The van der Waals surface area contributed by atoms with Crippen molar-refractivity contribution in [3.8, 4) is 5.75 Å². The molecule has 0 heterocycles. The first kappa shape index (κ1) is 13.9. The summed E-state index contributed by atoms with van der Waals surface area (Å²) in [5.41, 5.74) is 5.86. The van der Waals surface area contributed by atoms with E-state index in [1.54, 1.807) is 0 Å². The molecular formula is C12H18F2N2O. The van der Waals surface area contributed by atoms with Gasteiger partial charge in [0, 0.05) is 24.2 Å². The highest BCUT2D eigenvalue weighted by atomic mass is 19.1. The Morgan fingerprint density at radius 2 is 2.06 bits per heavy atom. The van der Waals surface area contributed by atoms with Gasteiger partial charge in [0.2, 0.25) is 0 Å². The van der Waals surface area contributed by atoms with Crippen LogP contribution in [0.1, 0.15) is 18.9 Å². The van der Waals surface area contributed by atoms with Crippen molar-refractivity contribution >= 4 is 0 Å². The first-order valence-electron chi connectivity index (χ1n) is 5.52. The van der Waals surface area contributed by atoms with E-state index >= 15 is 0 Å². The van der Waals surface area contributed by atoms with Gasteiger partial charge in [0.05, 0.1) is 7.11 Å². The van der Waals surface area contributed by atoms with E-state index in [0.29, 0.717) is 6.54 Å². The van der Waals surface area contributed by atoms with E-state index < -0.39 is 11.6 Å². The lowest BCUT2D eigenvalue weighted by molar-refractivity contribution is 0.381. The Morgan fingerprint density at radius 1 is 1.35 bits per heavy atom. The second-order valence-corrected chi connectivity index (χ2v) is 4.02. The van der Waals surface area contributed by atoms with E-state index in [-0.39, 0.29) is 23.9 Å². The van der Waals surface area contributed by atoms with Crippen molar-refractivity contribution in [1.82, 2.24) is 5.32 Å². The quantitative estimate of drug-likeness (QED) is 0.750. The minimum atomic E-state index is -0.558. The van der Waals surface area contributed by atoms with Gasteiger partial charge in [-0.2, -0.15) is 0 Å². The first-order chi connectivity index (χ1) is 8.04. The fourth-order valence-electron chi connectivity index (χ4n) is 1.41. The van der Waals surface area contributed by atoms with Crippen LogP contribution in [0.25, 0.3) is 0 Å². The average molecular weight is 244 g/mol. The van der Waals surface area contributed by atoms with Crippen molar-refractivity contribution in [3.05, 3.63) is 29.3 Å². The third-order valence-corrected chi connectivity index (χ3v) is 2.41. The van der Waals surface area contributed by atoms with Crippen molar-refractivity contribution in [2.75, 3.05) is 13.7 Å². The van der Waals surface area contributed by atoms with E-state index in [4.69, 9.17) is 5.73 Å². The number of methoxy groups -OCH3 is 1. The summed E-state index contributed by atoms with van der Waals surface area (Å²) in [6, 6.07) is 2.30. The van der Waals surface area contributed by atoms with Crippen LogP contribution in [-0.2, 0) is 6.54 Å². The molecule has 3 nitrogen and oxygen atoms in total. The summed E-state index contributed by atoms with van der Waals surface area (Å²) < 4.78 is 31.5. The van der Waals surface area contributed by atoms with Crippen LogP contribution in [0.5, 0.6) is 5.75 Å². The highest BCUT2D eigenvalue weighted by Gasteiger charge is 2.09. The number of benzene rings is 1. The van der Waals surface area contributed by atoms with Crippen LogP contribution in [0.15, 0.2) is 12.1 Å². The van der Waals surface area contributed by atoms with Crippen LogP contribution in [0, 0.1) is 11.6 Å². The molecule has 1 aromatic carbocycles. The Kier molecular flexibility index (Phi) is 5.31. The van der Waals surface area contributed by atoms with Crippen LogP contribution in [0.3, 0.4) is 0 Å². The molecule has 0 aliphatic heterocycles. The molecule has 1 atom stereocenters. The minimum absolute atomic E-state index is 0.0816. The van der Waals surface area contributed by atoms with Gasteiger partial charge in [-0.15, -0.1) is 0 Å². The standard InChI is InChI=1S/C12H18F2N2O/c1-8(15)3-4-16-7-9-5-11(14)12(17-2)6-10(9)13/h5-6,8,16H,3-4,7,15H2,1-2H3. The SMILES string of the molecule is COc1cc(F)c(CNCCC(C)N)cc1F. The third kappa shape index (κ3) is 4.28. The van der Waals surface area contributed by atoms with Gasteiger partial charge in [-0.3, -0.25) is 0 Å². The first-order valence-corrected chi connectivity index (χ1v) is 5.52. The molecule has 0 amide bonds. The maximum absolute atomic E-state index is 13.5. The van der Waals surface area contributed by atoms with E-state index in [9.17, 15) is 8.78 Å². The van der Waals surface area contributed by atoms with Gasteiger partial charge >= 0.3 is 0 Å². The Bertz CT molecular complexity index is 370. The van der Waals surface area contributed by atoms with Gasteiger partial charge in [0.1, 0.15) is 5.82 Å². The Morgan fingerprint density at radius 3 is 2.65 bits per heavy atom. The number of hydrogen-bond donors (Lipinski definition) is 2. The largest absolute Gasteiger partial charge is 0.494 e. The molecule has 1 aromatic rings. The fourth-order valence-corrected chi connectivity index (χ4v) is 1.41. The Balaban J connectivity index is 2.56. The molecule has 0 saturated carbocycles. The topological polar surface area (TPSA) is 47.3 Å². The molecule has 0 fully saturated rings. The molecule has 0 aliphatic carbocycles. The van der Waals surface area contributed by atoms with Crippen molar-refractivity contribution in [1.29, 1.82) is 0 Å². The molecule has 96 valence electrons. The molecule has 0 radical (unpaired) electrons. The average Bonchev–Trinajstić information content (AvgIpc) is 2.28. The predicted molar refractivity (Wildman–Crippen MR) is 62.9 cm³/mol. The second-order valence-electron chi connectivity index (χ2n) is 4.02. The molecule has 0 aliphatic rings. The van der Waals surface area contributed by atoms with Crippen LogP contribution in [0.4, 0.5) is 8.78 Å². The van der Waals surface area contributed by atoms with E-state index in [1.807, 2.05) is 6.92 Å². The smallest absolute Gasteiger partial charge is 0.165 e. The molecule has 1 rings (SSSR count). The zero-order valence-corrected chi connectivity index (χ0v) is 10.1. The zero-order valence-electron chi connectivity index (χ0n) is 10.1. The van der Waals surface area contributed by atoms with Crippen molar-refractivity contribution in [2.24, 2.45) is 5.73 Å². The van der Waals surface area contributed by atoms with E-state index in [1.165, 1.54) is 7.11 Å². The summed E-state index contributed by atoms with van der Waals surface area (Å²) in [7, 11) is 1.30. The summed E-state index contributed by atoms with van der Waals surface area (Å²) in [4.78, 5) is 0. The summed E-state index contributed by atoms with van der Waals surface area (Å²) in [5, 5.41) is 3.01. The maximum atomic E-state index is 13.5. The molecule has 5 heteroatoms. The third-order valence-electron chi connectivity index (χ3n) is 2.41. The summed E-state index contributed by atoms with van der Waals surface area (Å²) in [5.74, 6) is -1.11. The molecule has 0 bridgehead atoms. The van der Waals surface area contributed by atoms with Gasteiger partial charge in [-0.25, -0.2) is 8.78 Å². The van der Waals surface area contributed by atoms with Gasteiger partial charge in [-0.05, 0) is 26.0 Å². The molecule has 0 spiro atoms. The Labute approximate surface area is 100.0 Å². The number of rotatable bonds is 6. The monoisotopic (exact) mass is 244 g/mol. The highest BCUT2D eigenvalue weighted by molar-refractivity contribution is 5.30. The van der Waals surface area contributed by atoms with E-state index in [2.05, 4.69) is 10.1 Å². The summed E-state index contributed by atoms with van der Waals surface area (Å²) in [6.45, 7) is 2.85. The fraction of sp³-hybridized carbons (Fsp3) is 0.500. The number of hydrogen-bond acceptors (Lipinski definition) is 3. The maximum Gasteiger partial charge on any atom is 0.165 e. The highest BCUT2D eigenvalue weighted by Crippen LogP contribution is 2.21. The normalized spacial score (nSPS) is 12.5. The minimum Gasteiger partial charge on any atom is -0.494 e. The number of halogens is 2. The van der Waals surface area contributed by atoms with Gasteiger partial charge in [0.25, 0.3) is 0 Å². The van der Waals surface area contributed by atoms with Gasteiger partial charge < -0.3 is 15.8 Å². The molecule has 17 heavy (non-hydrogen) atoms. The molecule has 3 N–H and O–H groups in total. The number of nitrogens with two attached hydrogens (primary N) is 1. The van der Waals surface area contributed by atoms with Crippen molar-refractivity contribution in [2.45, 2.75) is 25.9 Å². The van der Waals surface area contributed by atoms with Crippen molar-refractivity contribution < 1.29 is 13.5 Å².